The van der Waals surface area contributed by atoms with Gasteiger partial charge in [0.1, 0.15) is 18.4 Å². The van der Waals surface area contributed by atoms with Crippen molar-refractivity contribution in [2.45, 2.75) is 6.92 Å². The number of nitrogens with zero attached hydrogens (tertiary/aromatic N) is 1. The van der Waals surface area contributed by atoms with E-state index in [1.54, 1.807) is 0 Å². The van der Waals surface area contributed by atoms with Crippen LogP contribution in [0.5, 0.6) is 5.75 Å². The molecule has 0 saturated heterocycles. The Morgan fingerprint density at radius 1 is 1.20 bits per heavy atom. The predicted molar refractivity (Wildman–Crippen MR) is 94.5 cm³/mol. The van der Waals surface area contributed by atoms with Gasteiger partial charge in [0.2, 0.25) is 0 Å². The molecule has 0 aromatic heterocycles. The van der Waals surface area contributed by atoms with Crippen LogP contribution >= 0.6 is 11.6 Å². The fourth-order valence-corrected chi connectivity index (χ4v) is 2.21. The van der Waals surface area contributed by atoms with Gasteiger partial charge < -0.3 is 15.4 Å². The SMILES string of the molecule is Cc1cccc(OCCNC(=O)C(=O)Nc2ccc(C#N)c(Cl)c2)c1. The molecule has 128 valence electrons. The Kier molecular flexibility index (Phi) is 6.38. The quantitative estimate of drug-likeness (QED) is 0.635. The second kappa shape index (κ2) is 8.71. The van der Waals surface area contributed by atoms with Crippen LogP contribution in [-0.2, 0) is 9.59 Å². The van der Waals surface area contributed by atoms with Crippen LogP contribution in [0.2, 0.25) is 5.02 Å². The average molecular weight is 358 g/mol. The van der Waals surface area contributed by atoms with Crippen LogP contribution < -0.4 is 15.4 Å². The van der Waals surface area contributed by atoms with Crippen LogP contribution in [-0.4, -0.2) is 25.0 Å². The third-order valence-corrected chi connectivity index (χ3v) is 3.51. The van der Waals surface area contributed by atoms with E-state index < -0.39 is 11.8 Å². The summed E-state index contributed by atoms with van der Waals surface area (Å²) in [6, 6.07) is 13.8. The van der Waals surface area contributed by atoms with Crippen molar-refractivity contribution < 1.29 is 14.3 Å². The number of hydrogen-bond donors (Lipinski definition) is 2. The second-order valence-electron chi connectivity index (χ2n) is 5.18. The molecule has 25 heavy (non-hydrogen) atoms. The van der Waals surface area contributed by atoms with E-state index >= 15 is 0 Å². The van der Waals surface area contributed by atoms with E-state index in [-0.39, 0.29) is 23.7 Å². The number of nitrogens with one attached hydrogen (secondary N) is 2. The van der Waals surface area contributed by atoms with Crippen molar-refractivity contribution in [2.75, 3.05) is 18.5 Å². The smallest absolute Gasteiger partial charge is 0.313 e. The topological polar surface area (TPSA) is 91.2 Å². The van der Waals surface area contributed by atoms with Crippen molar-refractivity contribution in [1.82, 2.24) is 5.32 Å². The Labute approximate surface area is 150 Å². The van der Waals surface area contributed by atoms with Gasteiger partial charge in [0.05, 0.1) is 17.1 Å². The maximum Gasteiger partial charge on any atom is 0.313 e. The first-order valence-corrected chi connectivity index (χ1v) is 7.85. The zero-order valence-corrected chi connectivity index (χ0v) is 14.3. The molecule has 0 saturated carbocycles. The van der Waals surface area contributed by atoms with Gasteiger partial charge in [-0.2, -0.15) is 5.26 Å². The number of benzene rings is 2. The summed E-state index contributed by atoms with van der Waals surface area (Å²) >= 11 is 5.87. The number of aryl methyl sites for hydroxylation is 1. The molecular weight excluding hydrogens is 342 g/mol. The van der Waals surface area contributed by atoms with E-state index in [0.29, 0.717) is 11.4 Å². The molecule has 7 heteroatoms. The number of amides is 2. The van der Waals surface area contributed by atoms with Crippen LogP contribution in [0.3, 0.4) is 0 Å². The molecule has 2 aromatic rings. The van der Waals surface area contributed by atoms with Gasteiger partial charge >= 0.3 is 11.8 Å². The molecule has 0 aliphatic heterocycles. The van der Waals surface area contributed by atoms with Gasteiger partial charge in [0.25, 0.3) is 0 Å². The first-order chi connectivity index (χ1) is 12.0. The number of rotatable bonds is 5. The third-order valence-electron chi connectivity index (χ3n) is 3.20. The number of ether oxygens (including phenoxy) is 1. The molecular formula is C18H16ClN3O3. The summed E-state index contributed by atoms with van der Waals surface area (Å²) in [5.41, 5.74) is 1.69. The minimum absolute atomic E-state index is 0.189. The van der Waals surface area contributed by atoms with Crippen LogP contribution in [0, 0.1) is 18.3 Å². The molecule has 2 amide bonds. The molecule has 0 aliphatic carbocycles. The highest BCUT2D eigenvalue weighted by Gasteiger charge is 2.13. The maximum absolute atomic E-state index is 11.8. The summed E-state index contributed by atoms with van der Waals surface area (Å²) in [5, 5.41) is 13.9. The van der Waals surface area contributed by atoms with Gasteiger partial charge in [-0.3, -0.25) is 9.59 Å². The van der Waals surface area contributed by atoms with Crippen LogP contribution in [0.15, 0.2) is 42.5 Å². The van der Waals surface area contributed by atoms with Crippen LogP contribution in [0.4, 0.5) is 5.69 Å². The molecule has 0 heterocycles. The number of carbonyl (C=O) groups is 2. The molecule has 0 fully saturated rings. The largest absolute Gasteiger partial charge is 0.492 e. The molecule has 2 rings (SSSR count). The van der Waals surface area contributed by atoms with Gasteiger partial charge in [0.15, 0.2) is 0 Å². The molecule has 6 nitrogen and oxygen atoms in total. The summed E-state index contributed by atoms with van der Waals surface area (Å²) in [5.74, 6) is -0.907. The first kappa shape index (κ1) is 18.3. The third kappa shape index (κ3) is 5.52. The number of hydrogen-bond acceptors (Lipinski definition) is 4. The highest BCUT2D eigenvalue weighted by molar-refractivity contribution is 6.39. The molecule has 2 aromatic carbocycles. The normalized spacial score (nSPS) is 9.80. The van der Waals surface area contributed by atoms with Gasteiger partial charge in [-0.25, -0.2) is 0 Å². The lowest BCUT2D eigenvalue weighted by molar-refractivity contribution is -0.136. The van der Waals surface area contributed by atoms with Crippen LogP contribution in [0.1, 0.15) is 11.1 Å². The summed E-state index contributed by atoms with van der Waals surface area (Å²) in [7, 11) is 0. The summed E-state index contributed by atoms with van der Waals surface area (Å²) in [6.45, 7) is 2.38. The highest BCUT2D eigenvalue weighted by Crippen LogP contribution is 2.20. The molecule has 0 spiro atoms. The van der Waals surface area contributed by atoms with Gasteiger partial charge in [0, 0.05) is 5.69 Å². The Bertz CT molecular complexity index is 831. The van der Waals surface area contributed by atoms with Crippen molar-refractivity contribution in [3.8, 4) is 11.8 Å². The van der Waals surface area contributed by atoms with E-state index in [1.165, 1.54) is 18.2 Å². The Morgan fingerprint density at radius 2 is 2.00 bits per heavy atom. The number of nitriles is 1. The monoisotopic (exact) mass is 357 g/mol. The fraction of sp³-hybridized carbons (Fsp3) is 0.167. The van der Waals surface area contributed by atoms with E-state index in [2.05, 4.69) is 10.6 Å². The van der Waals surface area contributed by atoms with Crippen molar-refractivity contribution >= 4 is 29.1 Å². The minimum atomic E-state index is -0.823. The highest BCUT2D eigenvalue weighted by atomic mass is 35.5. The number of carbonyl (C=O) groups excluding carboxylic acids is 2. The maximum atomic E-state index is 11.8. The Morgan fingerprint density at radius 3 is 2.68 bits per heavy atom. The molecule has 0 aliphatic rings. The van der Waals surface area contributed by atoms with Crippen LogP contribution in [0.25, 0.3) is 0 Å². The number of halogens is 1. The van der Waals surface area contributed by atoms with Crippen molar-refractivity contribution in [3.05, 3.63) is 58.6 Å². The lowest BCUT2D eigenvalue weighted by atomic mass is 10.2. The second-order valence-corrected chi connectivity index (χ2v) is 5.59. The van der Waals surface area contributed by atoms with E-state index in [9.17, 15) is 9.59 Å². The van der Waals surface area contributed by atoms with Crippen molar-refractivity contribution in [1.29, 1.82) is 5.26 Å². The van der Waals surface area contributed by atoms with Crippen molar-refractivity contribution in [2.24, 2.45) is 0 Å². The summed E-state index contributed by atoms with van der Waals surface area (Å²) in [6.07, 6.45) is 0. The summed E-state index contributed by atoms with van der Waals surface area (Å²) in [4.78, 5) is 23.6. The molecule has 0 radical (unpaired) electrons. The van der Waals surface area contributed by atoms with E-state index in [1.807, 2.05) is 37.3 Å². The Hall–Kier alpha value is -3.04. The molecule has 0 atom stereocenters. The van der Waals surface area contributed by atoms with Crippen molar-refractivity contribution in [3.63, 3.8) is 0 Å². The zero-order chi connectivity index (χ0) is 18.2. The predicted octanol–water partition coefficient (Wildman–Crippen LogP) is 2.65. The van der Waals surface area contributed by atoms with Gasteiger partial charge in [-0.15, -0.1) is 0 Å². The summed E-state index contributed by atoms with van der Waals surface area (Å²) < 4.78 is 5.48. The zero-order valence-electron chi connectivity index (χ0n) is 13.5. The average Bonchev–Trinajstić information content (AvgIpc) is 2.58. The molecule has 0 unspecified atom stereocenters. The lowest BCUT2D eigenvalue weighted by Crippen LogP contribution is -2.37. The van der Waals surface area contributed by atoms with E-state index in [4.69, 9.17) is 21.6 Å². The molecule has 2 N–H and O–H groups in total. The van der Waals surface area contributed by atoms with E-state index in [0.717, 1.165) is 5.56 Å². The van der Waals surface area contributed by atoms with Gasteiger partial charge in [-0.1, -0.05) is 23.7 Å². The number of anilines is 1. The molecule has 0 bridgehead atoms. The lowest BCUT2D eigenvalue weighted by Gasteiger charge is -2.09. The fourth-order valence-electron chi connectivity index (χ4n) is 1.99. The minimum Gasteiger partial charge on any atom is -0.492 e. The Balaban J connectivity index is 1.77. The first-order valence-electron chi connectivity index (χ1n) is 7.48. The standard InChI is InChI=1S/C18H16ClN3O3/c1-12-3-2-4-15(9-12)25-8-7-21-17(23)18(24)22-14-6-5-13(11-20)16(19)10-14/h2-6,9-10H,7-8H2,1H3,(H,21,23)(H,22,24). The van der Waals surface area contributed by atoms with Gasteiger partial charge in [-0.05, 0) is 42.8 Å².